The Balaban J connectivity index is 1.81. The van der Waals surface area contributed by atoms with Crippen LogP contribution in [0.3, 0.4) is 0 Å². The summed E-state index contributed by atoms with van der Waals surface area (Å²) in [6, 6.07) is 16.4. The lowest BCUT2D eigenvalue weighted by atomic mass is 10.1. The van der Waals surface area contributed by atoms with Gasteiger partial charge in [-0.2, -0.15) is 0 Å². The molecule has 6 heteroatoms. The summed E-state index contributed by atoms with van der Waals surface area (Å²) in [5.74, 6) is -0.118. The molecule has 3 aromatic carbocycles. The summed E-state index contributed by atoms with van der Waals surface area (Å²) in [7, 11) is 1.68. The molecule has 0 aliphatic carbocycles. The van der Waals surface area contributed by atoms with Gasteiger partial charge in [-0.25, -0.2) is 9.78 Å². The number of fused-ring (bicyclic) bond motifs is 4. The second-order valence-corrected chi connectivity index (χ2v) is 8.44. The molecule has 0 radical (unpaired) electrons. The van der Waals surface area contributed by atoms with Crippen molar-refractivity contribution in [1.82, 2.24) is 14.1 Å². The van der Waals surface area contributed by atoms with Crippen molar-refractivity contribution in [2.75, 3.05) is 13.7 Å². The Labute approximate surface area is 192 Å². The van der Waals surface area contributed by atoms with Crippen LogP contribution >= 0.6 is 0 Å². The lowest BCUT2D eigenvalue weighted by Gasteiger charge is -2.10. The first-order chi connectivity index (χ1) is 16.0. The zero-order chi connectivity index (χ0) is 23.3. The average Bonchev–Trinajstić information content (AvgIpc) is 3.33. The number of aromatic nitrogens is 3. The van der Waals surface area contributed by atoms with Crippen LogP contribution in [0.2, 0.25) is 0 Å². The molecule has 0 bridgehead atoms. The maximum atomic E-state index is 11.7. The minimum absolute atomic E-state index is 0.280. The van der Waals surface area contributed by atoms with Gasteiger partial charge >= 0.3 is 5.97 Å². The highest BCUT2D eigenvalue weighted by Gasteiger charge is 2.19. The molecule has 0 unspecified atom stereocenters. The van der Waals surface area contributed by atoms with Crippen molar-refractivity contribution in [2.24, 2.45) is 0 Å². The summed E-state index contributed by atoms with van der Waals surface area (Å²) in [5, 5.41) is 12.0. The van der Waals surface area contributed by atoms with Gasteiger partial charge in [0.1, 0.15) is 5.82 Å². The van der Waals surface area contributed by atoms with E-state index in [1.165, 1.54) is 27.4 Å². The van der Waals surface area contributed by atoms with Crippen LogP contribution in [-0.4, -0.2) is 38.9 Å². The van der Waals surface area contributed by atoms with Gasteiger partial charge in [-0.1, -0.05) is 12.1 Å². The number of methoxy groups -OCH3 is 1. The molecular formula is C27H27N3O3. The fourth-order valence-electron chi connectivity index (χ4n) is 4.99. The second kappa shape index (κ2) is 8.05. The molecule has 5 aromatic rings. The Morgan fingerprint density at radius 1 is 1.03 bits per heavy atom. The topological polar surface area (TPSA) is 69.3 Å². The van der Waals surface area contributed by atoms with Crippen LogP contribution in [-0.2, 0) is 17.8 Å². The molecule has 0 atom stereocenters. The number of rotatable bonds is 6. The minimum atomic E-state index is -0.938. The van der Waals surface area contributed by atoms with Crippen LogP contribution in [0.4, 0.5) is 0 Å². The van der Waals surface area contributed by atoms with E-state index in [9.17, 15) is 9.90 Å². The van der Waals surface area contributed by atoms with Gasteiger partial charge in [-0.05, 0) is 68.3 Å². The van der Waals surface area contributed by atoms with Gasteiger partial charge in [0, 0.05) is 47.6 Å². The number of hydrogen-bond acceptors (Lipinski definition) is 3. The number of benzene rings is 3. The molecule has 0 aliphatic heterocycles. The Hall–Kier alpha value is -3.64. The largest absolute Gasteiger partial charge is 0.478 e. The number of aryl methyl sites for hydroxylation is 3. The van der Waals surface area contributed by atoms with E-state index in [0.29, 0.717) is 24.2 Å². The van der Waals surface area contributed by atoms with Gasteiger partial charge in [0.25, 0.3) is 0 Å². The summed E-state index contributed by atoms with van der Waals surface area (Å²) in [6.07, 6.45) is 0. The third-order valence-electron chi connectivity index (χ3n) is 6.60. The van der Waals surface area contributed by atoms with Gasteiger partial charge in [0.15, 0.2) is 0 Å². The normalized spacial score (nSPS) is 11.8. The van der Waals surface area contributed by atoms with Gasteiger partial charge in [0.2, 0.25) is 0 Å². The van der Waals surface area contributed by atoms with Crippen LogP contribution < -0.4 is 0 Å². The number of carboxylic acid groups (broad SMARTS) is 1. The summed E-state index contributed by atoms with van der Waals surface area (Å²) in [6.45, 7) is 8.20. The molecule has 0 aliphatic rings. The van der Waals surface area contributed by atoms with Crippen molar-refractivity contribution in [3.63, 3.8) is 0 Å². The molecule has 33 heavy (non-hydrogen) atoms. The van der Waals surface area contributed by atoms with Gasteiger partial charge < -0.3 is 19.0 Å². The van der Waals surface area contributed by atoms with Crippen molar-refractivity contribution in [3.8, 4) is 11.4 Å². The Morgan fingerprint density at radius 3 is 2.55 bits per heavy atom. The molecule has 0 saturated carbocycles. The molecule has 168 valence electrons. The predicted molar refractivity (Wildman–Crippen MR) is 132 cm³/mol. The summed E-state index contributed by atoms with van der Waals surface area (Å²) >= 11 is 0. The van der Waals surface area contributed by atoms with Crippen molar-refractivity contribution in [3.05, 3.63) is 65.2 Å². The average molecular weight is 442 g/mol. The van der Waals surface area contributed by atoms with Gasteiger partial charge in [0.05, 0.1) is 23.2 Å². The minimum Gasteiger partial charge on any atom is -0.478 e. The number of aromatic carboxylic acids is 1. The van der Waals surface area contributed by atoms with Crippen LogP contribution in [0.15, 0.2) is 48.5 Å². The third kappa shape index (κ3) is 3.21. The standard InChI is InChI=1S/C27H27N3O3/c1-5-29-21-11-9-18(15-20(21)24-16(2)7-6-8-22(24)29)26-28-25-17(3)19(27(31)32)10-12-23(25)30(26)13-14-33-4/h6-12,15H,5,13-14H2,1-4H3,(H,31,32). The van der Waals surface area contributed by atoms with E-state index in [2.05, 4.69) is 59.4 Å². The Morgan fingerprint density at radius 2 is 1.82 bits per heavy atom. The number of hydrogen-bond donors (Lipinski definition) is 1. The lowest BCUT2D eigenvalue weighted by Crippen LogP contribution is -2.06. The van der Waals surface area contributed by atoms with Crippen LogP contribution in [0.25, 0.3) is 44.2 Å². The lowest BCUT2D eigenvalue weighted by molar-refractivity contribution is 0.0696. The van der Waals surface area contributed by atoms with E-state index in [1.807, 2.05) is 13.0 Å². The smallest absolute Gasteiger partial charge is 0.336 e. The molecule has 0 spiro atoms. The van der Waals surface area contributed by atoms with E-state index >= 15 is 0 Å². The van der Waals surface area contributed by atoms with E-state index in [0.717, 1.165) is 23.4 Å². The number of imidazole rings is 1. The summed E-state index contributed by atoms with van der Waals surface area (Å²) in [5.41, 5.74) is 7.28. The van der Waals surface area contributed by atoms with Crippen molar-refractivity contribution >= 4 is 38.8 Å². The van der Waals surface area contributed by atoms with Crippen molar-refractivity contribution in [2.45, 2.75) is 33.9 Å². The Bertz CT molecular complexity index is 1540. The fourth-order valence-corrected chi connectivity index (χ4v) is 4.99. The molecule has 2 heterocycles. The first-order valence-electron chi connectivity index (χ1n) is 11.2. The molecule has 1 N–H and O–H groups in total. The molecule has 0 amide bonds. The van der Waals surface area contributed by atoms with Gasteiger partial charge in [-0.3, -0.25) is 0 Å². The maximum Gasteiger partial charge on any atom is 0.336 e. The maximum absolute atomic E-state index is 11.7. The third-order valence-corrected chi connectivity index (χ3v) is 6.60. The monoisotopic (exact) mass is 441 g/mol. The molecule has 0 fully saturated rings. The zero-order valence-corrected chi connectivity index (χ0v) is 19.3. The van der Waals surface area contributed by atoms with E-state index in [-0.39, 0.29) is 5.56 Å². The SMILES string of the molecule is CCn1c2ccc(-c3nc4c(C)c(C(=O)O)ccc4n3CCOC)cc2c2c(C)cccc21. The van der Waals surface area contributed by atoms with Crippen molar-refractivity contribution in [1.29, 1.82) is 0 Å². The van der Waals surface area contributed by atoms with E-state index in [4.69, 9.17) is 9.72 Å². The first-order valence-corrected chi connectivity index (χ1v) is 11.2. The number of carboxylic acids is 1. The Kier molecular flexibility index (Phi) is 5.17. The fraction of sp³-hybridized carbons (Fsp3) is 0.259. The molecule has 0 saturated heterocycles. The van der Waals surface area contributed by atoms with E-state index in [1.54, 1.807) is 13.2 Å². The van der Waals surface area contributed by atoms with Gasteiger partial charge in [-0.15, -0.1) is 0 Å². The highest BCUT2D eigenvalue weighted by atomic mass is 16.5. The van der Waals surface area contributed by atoms with Crippen molar-refractivity contribution < 1.29 is 14.6 Å². The second-order valence-electron chi connectivity index (χ2n) is 8.44. The number of nitrogens with zero attached hydrogens (tertiary/aromatic N) is 3. The van der Waals surface area contributed by atoms with Crippen LogP contribution in [0.5, 0.6) is 0 Å². The molecule has 5 rings (SSSR count). The number of ether oxygens (including phenoxy) is 1. The highest BCUT2D eigenvalue weighted by Crippen LogP contribution is 2.35. The summed E-state index contributed by atoms with van der Waals surface area (Å²) in [4.78, 5) is 16.6. The summed E-state index contributed by atoms with van der Waals surface area (Å²) < 4.78 is 9.84. The first kappa shape index (κ1) is 21.2. The molecule has 2 aromatic heterocycles. The molecule has 6 nitrogen and oxygen atoms in total. The molecular weight excluding hydrogens is 414 g/mol. The van der Waals surface area contributed by atoms with Crippen LogP contribution in [0, 0.1) is 13.8 Å². The number of carbonyl (C=O) groups is 1. The predicted octanol–water partition coefficient (Wildman–Crippen LogP) is 5.79. The quantitative estimate of drug-likeness (QED) is 0.362. The zero-order valence-electron chi connectivity index (χ0n) is 19.3. The van der Waals surface area contributed by atoms with E-state index < -0.39 is 5.97 Å². The van der Waals surface area contributed by atoms with Crippen LogP contribution in [0.1, 0.15) is 28.4 Å². The highest BCUT2D eigenvalue weighted by molar-refractivity contribution is 6.11.